The topological polar surface area (TPSA) is 104 Å². The van der Waals surface area contributed by atoms with Crippen LogP contribution in [0.3, 0.4) is 0 Å². The summed E-state index contributed by atoms with van der Waals surface area (Å²) in [5, 5.41) is 11.2. The molecule has 2 amide bonds. The van der Waals surface area contributed by atoms with Crippen molar-refractivity contribution in [2.24, 2.45) is 0 Å². The van der Waals surface area contributed by atoms with E-state index in [9.17, 15) is 4.79 Å². The van der Waals surface area contributed by atoms with Crippen molar-refractivity contribution in [3.63, 3.8) is 0 Å². The van der Waals surface area contributed by atoms with E-state index in [0.717, 1.165) is 0 Å². The van der Waals surface area contributed by atoms with Gasteiger partial charge in [0.05, 0.1) is 25.9 Å². The van der Waals surface area contributed by atoms with Crippen LogP contribution in [0.5, 0.6) is 5.75 Å². The number of morpholine rings is 1. The number of urea groups is 1. The number of benzene rings is 1. The number of hydrogen-bond donors (Lipinski definition) is 1. The van der Waals surface area contributed by atoms with E-state index in [1.807, 2.05) is 0 Å². The first-order valence-corrected chi connectivity index (χ1v) is 9.32. The van der Waals surface area contributed by atoms with E-state index in [1.165, 1.54) is 12.0 Å². The van der Waals surface area contributed by atoms with Gasteiger partial charge in [0.15, 0.2) is 0 Å². The molecule has 1 atom stereocenters. The van der Waals surface area contributed by atoms with Crippen LogP contribution in [0, 0.1) is 0 Å². The Labute approximate surface area is 171 Å². The molecule has 1 unspecified atom stereocenters. The number of fused-ring (bicyclic) bond motifs is 1. The van der Waals surface area contributed by atoms with Crippen LogP contribution in [-0.2, 0) is 4.74 Å². The highest BCUT2D eigenvalue weighted by Gasteiger charge is 2.26. The predicted molar refractivity (Wildman–Crippen MR) is 105 cm³/mol. The Hall–Kier alpha value is -3.11. The third-order valence-corrected chi connectivity index (χ3v) is 4.63. The number of ether oxygens (including phenoxy) is 2. The second kappa shape index (κ2) is 8.50. The molecule has 3 heterocycles. The van der Waals surface area contributed by atoms with Gasteiger partial charge < -0.3 is 24.5 Å². The zero-order valence-corrected chi connectivity index (χ0v) is 16.4. The van der Waals surface area contributed by atoms with Crippen molar-refractivity contribution in [2.75, 3.05) is 38.7 Å². The molecule has 1 N–H and O–H groups in total. The van der Waals surface area contributed by atoms with Crippen molar-refractivity contribution in [3.8, 4) is 5.75 Å². The fourth-order valence-corrected chi connectivity index (χ4v) is 3.13. The Morgan fingerprint density at radius 3 is 3.17 bits per heavy atom. The van der Waals surface area contributed by atoms with E-state index in [1.54, 1.807) is 41.4 Å². The van der Waals surface area contributed by atoms with Gasteiger partial charge in [-0.25, -0.2) is 9.78 Å². The number of nitrogens with one attached hydrogen (secondary N) is 1. The number of amides is 2. The number of carbonyl (C=O) groups is 1. The number of pyridine rings is 1. The normalized spacial score (nSPS) is 16.6. The van der Waals surface area contributed by atoms with Crippen molar-refractivity contribution < 1.29 is 19.1 Å². The van der Waals surface area contributed by atoms with Crippen LogP contribution >= 0.6 is 11.6 Å². The van der Waals surface area contributed by atoms with Crippen molar-refractivity contribution in [1.29, 1.82) is 0 Å². The summed E-state index contributed by atoms with van der Waals surface area (Å²) in [7, 11) is 1.53. The minimum absolute atomic E-state index is 0.194. The lowest BCUT2D eigenvalue weighted by Crippen LogP contribution is -2.49. The maximum Gasteiger partial charge on any atom is 0.322 e. The molecule has 1 fully saturated rings. The summed E-state index contributed by atoms with van der Waals surface area (Å²) in [4.78, 5) is 25.4. The molecule has 4 rings (SSSR count). The van der Waals surface area contributed by atoms with Crippen LogP contribution in [0.15, 0.2) is 36.5 Å². The average molecular weight is 419 g/mol. The molecule has 11 heteroatoms. The predicted octanol–water partition coefficient (Wildman–Crippen LogP) is 1.85. The van der Waals surface area contributed by atoms with Crippen molar-refractivity contribution in [3.05, 3.63) is 41.6 Å². The van der Waals surface area contributed by atoms with Gasteiger partial charge >= 0.3 is 6.03 Å². The first kappa shape index (κ1) is 19.2. The summed E-state index contributed by atoms with van der Waals surface area (Å²) in [6.07, 6.45) is 1.32. The fourth-order valence-electron chi connectivity index (χ4n) is 2.96. The first-order chi connectivity index (χ1) is 14.1. The molecule has 0 bridgehead atoms. The van der Waals surface area contributed by atoms with E-state index < -0.39 is 0 Å². The number of halogens is 1. The maximum absolute atomic E-state index is 12.7. The zero-order valence-electron chi connectivity index (χ0n) is 15.6. The molecular weight excluding hydrogens is 400 g/mol. The SMILES string of the molecule is COc1ccc(Cl)cc1NC(=O)N1CCOC(COn2nnc3cccnc32)C1. The molecule has 0 aliphatic carbocycles. The lowest BCUT2D eigenvalue weighted by Gasteiger charge is -2.32. The zero-order chi connectivity index (χ0) is 20.2. The molecule has 0 saturated carbocycles. The van der Waals surface area contributed by atoms with Gasteiger partial charge in [0, 0.05) is 17.8 Å². The second-order valence-corrected chi connectivity index (χ2v) is 6.75. The van der Waals surface area contributed by atoms with Gasteiger partial charge in [0.1, 0.15) is 24.0 Å². The van der Waals surface area contributed by atoms with Gasteiger partial charge in [-0.1, -0.05) is 16.4 Å². The summed E-state index contributed by atoms with van der Waals surface area (Å²) in [5.74, 6) is 0.529. The summed E-state index contributed by atoms with van der Waals surface area (Å²) in [6, 6.07) is 8.33. The molecule has 1 aromatic carbocycles. The van der Waals surface area contributed by atoms with E-state index in [4.69, 9.17) is 25.9 Å². The molecule has 1 saturated heterocycles. The largest absolute Gasteiger partial charge is 0.495 e. The Bertz CT molecular complexity index is 1010. The Morgan fingerprint density at radius 2 is 2.31 bits per heavy atom. The molecule has 1 aliphatic heterocycles. The van der Waals surface area contributed by atoms with Crippen LogP contribution in [0.1, 0.15) is 0 Å². The van der Waals surface area contributed by atoms with Crippen LogP contribution in [0.2, 0.25) is 5.02 Å². The Morgan fingerprint density at radius 1 is 1.41 bits per heavy atom. The number of anilines is 1. The molecule has 2 aromatic heterocycles. The molecule has 3 aromatic rings. The molecular formula is C18H19ClN6O4. The van der Waals surface area contributed by atoms with E-state index in [0.29, 0.717) is 47.3 Å². The first-order valence-electron chi connectivity index (χ1n) is 8.95. The summed E-state index contributed by atoms with van der Waals surface area (Å²) >= 11 is 6.02. The Kier molecular flexibility index (Phi) is 5.63. The summed E-state index contributed by atoms with van der Waals surface area (Å²) in [5.41, 5.74) is 1.66. The number of methoxy groups -OCH3 is 1. The van der Waals surface area contributed by atoms with Gasteiger partial charge in [-0.05, 0) is 35.5 Å². The molecule has 29 heavy (non-hydrogen) atoms. The molecule has 152 valence electrons. The number of rotatable bonds is 5. The highest BCUT2D eigenvalue weighted by Crippen LogP contribution is 2.28. The quantitative estimate of drug-likeness (QED) is 0.674. The summed E-state index contributed by atoms with van der Waals surface area (Å²) in [6.45, 7) is 1.40. The minimum Gasteiger partial charge on any atom is -0.495 e. The minimum atomic E-state index is -0.321. The lowest BCUT2D eigenvalue weighted by molar-refractivity contribution is -0.0645. The highest BCUT2D eigenvalue weighted by molar-refractivity contribution is 6.31. The van der Waals surface area contributed by atoms with E-state index >= 15 is 0 Å². The van der Waals surface area contributed by atoms with Crippen molar-refractivity contribution in [2.45, 2.75) is 6.10 Å². The van der Waals surface area contributed by atoms with Crippen LogP contribution in [-0.4, -0.2) is 70.6 Å². The van der Waals surface area contributed by atoms with E-state index in [2.05, 4.69) is 20.6 Å². The molecule has 10 nitrogen and oxygen atoms in total. The number of aromatic nitrogens is 4. The fraction of sp³-hybridized carbons (Fsp3) is 0.333. The van der Waals surface area contributed by atoms with Gasteiger partial charge in [0.2, 0.25) is 5.65 Å². The van der Waals surface area contributed by atoms with Gasteiger partial charge in [0.25, 0.3) is 0 Å². The number of nitrogens with zero attached hydrogens (tertiary/aromatic N) is 5. The molecule has 1 aliphatic rings. The lowest BCUT2D eigenvalue weighted by atomic mass is 10.2. The van der Waals surface area contributed by atoms with Crippen LogP contribution in [0.4, 0.5) is 10.5 Å². The van der Waals surface area contributed by atoms with Gasteiger partial charge in [-0.2, -0.15) is 0 Å². The van der Waals surface area contributed by atoms with Gasteiger partial charge in [-0.15, -0.1) is 5.10 Å². The molecule has 0 radical (unpaired) electrons. The highest BCUT2D eigenvalue weighted by atomic mass is 35.5. The standard InChI is InChI=1S/C18H19ClN6O4/c1-27-16-5-4-12(19)9-15(16)21-18(26)24-7-8-28-13(10-24)11-29-25-17-14(22-23-25)3-2-6-20-17/h2-6,9,13H,7-8,10-11H2,1H3,(H,21,26). The van der Waals surface area contributed by atoms with E-state index in [-0.39, 0.29) is 18.7 Å². The Balaban J connectivity index is 1.37. The number of hydrogen-bond acceptors (Lipinski definition) is 7. The van der Waals surface area contributed by atoms with Crippen molar-refractivity contribution >= 4 is 34.5 Å². The third kappa shape index (κ3) is 4.33. The molecule has 0 spiro atoms. The third-order valence-electron chi connectivity index (χ3n) is 4.39. The average Bonchev–Trinajstić information content (AvgIpc) is 3.16. The number of carbonyl (C=O) groups excluding carboxylic acids is 1. The second-order valence-electron chi connectivity index (χ2n) is 6.32. The monoisotopic (exact) mass is 418 g/mol. The van der Waals surface area contributed by atoms with Crippen molar-refractivity contribution in [1.82, 2.24) is 25.0 Å². The van der Waals surface area contributed by atoms with Crippen LogP contribution in [0.25, 0.3) is 11.2 Å². The smallest absolute Gasteiger partial charge is 0.322 e. The van der Waals surface area contributed by atoms with Gasteiger partial charge in [-0.3, -0.25) is 0 Å². The van der Waals surface area contributed by atoms with Crippen LogP contribution < -0.4 is 14.9 Å². The maximum atomic E-state index is 12.7. The summed E-state index contributed by atoms with van der Waals surface area (Å²) < 4.78 is 11.0.